The van der Waals surface area contributed by atoms with Crippen molar-refractivity contribution in [3.63, 3.8) is 0 Å². The van der Waals surface area contributed by atoms with Crippen molar-refractivity contribution in [3.05, 3.63) is 0 Å². The van der Waals surface area contributed by atoms with Crippen molar-refractivity contribution in [1.29, 1.82) is 5.26 Å². The Kier molecular flexibility index (Phi) is 3.51. The van der Waals surface area contributed by atoms with Crippen LogP contribution >= 0.6 is 0 Å². The summed E-state index contributed by atoms with van der Waals surface area (Å²) >= 11 is 0. The maximum absolute atomic E-state index is 10.7. The maximum Gasteiger partial charge on any atom is 0.267 e. The molecule has 1 N–H and O–H groups in total. The molecule has 1 unspecified atom stereocenters. The first-order chi connectivity index (χ1) is 4.59. The smallest absolute Gasteiger partial charge is 0.267 e. The zero-order valence-electron chi connectivity index (χ0n) is 5.90. The lowest BCUT2D eigenvalue weighted by Crippen LogP contribution is -2.27. The number of carbonyl (C=O) groups is 1. The molecule has 0 aromatic heterocycles. The molecule has 1 radical (unpaired) electrons. The van der Waals surface area contributed by atoms with Crippen LogP contribution in [0.4, 0.5) is 0 Å². The van der Waals surface area contributed by atoms with Gasteiger partial charge in [-0.05, 0) is 5.97 Å². The molecular formula is C5H8BN2O2. The van der Waals surface area contributed by atoms with Gasteiger partial charge in [0.25, 0.3) is 7.28 Å². The molecule has 0 saturated heterocycles. The zero-order chi connectivity index (χ0) is 8.15. The molecule has 10 heavy (non-hydrogen) atoms. The van der Waals surface area contributed by atoms with E-state index < -0.39 is 11.7 Å². The maximum atomic E-state index is 10.7. The van der Waals surface area contributed by atoms with Crippen LogP contribution in [0.1, 0.15) is 6.92 Å². The van der Waals surface area contributed by atoms with Crippen LogP contribution in [0.5, 0.6) is 0 Å². The molecule has 0 aliphatic carbocycles. The van der Waals surface area contributed by atoms with Crippen LogP contribution in [0.15, 0.2) is 0 Å². The summed E-state index contributed by atoms with van der Waals surface area (Å²) in [5.74, 6) is 0.693. The van der Waals surface area contributed by atoms with E-state index in [1.807, 2.05) is 0 Å². The van der Waals surface area contributed by atoms with Gasteiger partial charge in [0, 0.05) is 12.9 Å². The third-order valence-corrected chi connectivity index (χ3v) is 1.03. The van der Waals surface area contributed by atoms with Crippen molar-refractivity contribution in [2.45, 2.75) is 12.7 Å². The van der Waals surface area contributed by atoms with Crippen LogP contribution in [0.2, 0.25) is 5.82 Å². The van der Waals surface area contributed by atoms with Crippen molar-refractivity contribution in [3.8, 4) is 5.97 Å². The summed E-state index contributed by atoms with van der Waals surface area (Å²) in [6, 6.07) is 0. The number of amides is 1. The van der Waals surface area contributed by atoms with Crippen LogP contribution in [0.25, 0.3) is 0 Å². The number of hydrogen-bond acceptors (Lipinski definition) is 3. The third-order valence-electron chi connectivity index (χ3n) is 1.03. The quantitative estimate of drug-likeness (QED) is 0.328. The molecule has 1 amide bonds. The number of rotatable bonds is 2. The van der Waals surface area contributed by atoms with Gasteiger partial charge >= 0.3 is 0 Å². The van der Waals surface area contributed by atoms with Gasteiger partial charge in [-0.15, -0.1) is 0 Å². The predicted octanol–water partition coefficient (Wildman–Crippen LogP) is -0.172. The Labute approximate surface area is 60.2 Å². The Morgan fingerprint density at radius 3 is 2.70 bits per heavy atom. The van der Waals surface area contributed by atoms with E-state index >= 15 is 0 Å². The summed E-state index contributed by atoms with van der Waals surface area (Å²) in [6.45, 7) is 1.54. The van der Waals surface area contributed by atoms with Crippen LogP contribution in [-0.4, -0.2) is 30.5 Å². The zero-order valence-corrected chi connectivity index (χ0v) is 5.90. The number of hydroxylamine groups is 2. The lowest BCUT2D eigenvalue weighted by atomic mass is 9.67. The summed E-state index contributed by atoms with van der Waals surface area (Å²) < 4.78 is 0. The Bertz CT molecular complexity index is 164. The van der Waals surface area contributed by atoms with Crippen LogP contribution in [0, 0.1) is 11.2 Å². The molecule has 0 aliphatic rings. The van der Waals surface area contributed by atoms with Gasteiger partial charge in [0.15, 0.2) is 0 Å². The number of nitriles is 1. The fourth-order valence-corrected chi connectivity index (χ4v) is 0.478. The van der Waals surface area contributed by atoms with Gasteiger partial charge < -0.3 is 0 Å². The van der Waals surface area contributed by atoms with Gasteiger partial charge in [0.2, 0.25) is 5.91 Å². The topological polar surface area (TPSA) is 64.3 Å². The second kappa shape index (κ2) is 3.91. The lowest BCUT2D eigenvalue weighted by Gasteiger charge is -2.10. The second-order valence-corrected chi connectivity index (χ2v) is 1.95. The van der Waals surface area contributed by atoms with Gasteiger partial charge in [-0.25, -0.2) is 10.3 Å². The molecule has 0 spiro atoms. The largest absolute Gasteiger partial charge is 0.286 e. The first-order valence-corrected chi connectivity index (χ1v) is 2.79. The monoisotopic (exact) mass is 139 g/mol. The summed E-state index contributed by atoms with van der Waals surface area (Å²) in [6.07, 6.45) is 0. The Morgan fingerprint density at radius 1 is 1.90 bits per heavy atom. The molecule has 0 aromatic rings. The number of nitrogens with zero attached hydrogens (tertiary/aromatic N) is 2. The summed E-state index contributed by atoms with van der Waals surface area (Å²) in [4.78, 5) is 10.7. The molecule has 5 heteroatoms. The van der Waals surface area contributed by atoms with Crippen LogP contribution in [-0.2, 0) is 4.79 Å². The van der Waals surface area contributed by atoms with Crippen molar-refractivity contribution < 1.29 is 10.0 Å². The molecule has 0 heterocycles. The molecule has 0 fully saturated rings. The highest BCUT2D eigenvalue weighted by Gasteiger charge is 2.16. The van der Waals surface area contributed by atoms with Crippen molar-refractivity contribution in [1.82, 2.24) is 5.06 Å². The number of hydrogen-bond donors (Lipinski definition) is 1. The highest BCUT2D eigenvalue weighted by Crippen LogP contribution is 2.02. The van der Waals surface area contributed by atoms with Gasteiger partial charge in [0.1, 0.15) is 0 Å². The van der Waals surface area contributed by atoms with Gasteiger partial charge in [0.05, 0.1) is 0 Å². The van der Waals surface area contributed by atoms with E-state index in [1.165, 1.54) is 14.0 Å². The fourth-order valence-electron chi connectivity index (χ4n) is 0.478. The highest BCUT2D eigenvalue weighted by molar-refractivity contribution is 6.51. The molecule has 0 saturated carbocycles. The summed E-state index contributed by atoms with van der Waals surface area (Å²) in [7, 11) is 2.39. The molecule has 4 nitrogen and oxygen atoms in total. The molecule has 1 atom stereocenters. The molecule has 0 rings (SSSR count). The van der Waals surface area contributed by atoms with Crippen LogP contribution < -0.4 is 0 Å². The second-order valence-electron chi connectivity index (χ2n) is 1.95. The number of carbonyl (C=O) groups excluding carboxylic acids is 1. The SMILES string of the molecule is CC([B]C#N)C(=O)N(C)O. The van der Waals surface area contributed by atoms with Gasteiger partial charge in [-0.1, -0.05) is 6.92 Å². The minimum atomic E-state index is -0.542. The first-order valence-electron chi connectivity index (χ1n) is 2.79. The van der Waals surface area contributed by atoms with E-state index in [4.69, 9.17) is 10.5 Å². The van der Waals surface area contributed by atoms with E-state index in [-0.39, 0.29) is 0 Å². The first kappa shape index (κ1) is 8.98. The van der Waals surface area contributed by atoms with Crippen LogP contribution in [0.3, 0.4) is 0 Å². The van der Waals surface area contributed by atoms with E-state index in [1.54, 1.807) is 5.97 Å². The molecule has 53 valence electrons. The van der Waals surface area contributed by atoms with Gasteiger partial charge in [-0.2, -0.15) is 0 Å². The van der Waals surface area contributed by atoms with E-state index in [0.717, 1.165) is 7.28 Å². The average Bonchev–Trinajstić information content (AvgIpc) is 1.87. The van der Waals surface area contributed by atoms with E-state index in [2.05, 4.69) is 0 Å². The normalized spacial score (nSPS) is 11.4. The molecule has 0 bridgehead atoms. The van der Waals surface area contributed by atoms with Crippen molar-refractivity contribution in [2.24, 2.45) is 0 Å². The highest BCUT2D eigenvalue weighted by atomic mass is 16.5. The van der Waals surface area contributed by atoms with Crippen molar-refractivity contribution in [2.75, 3.05) is 7.05 Å². The predicted molar refractivity (Wildman–Crippen MR) is 35.3 cm³/mol. The van der Waals surface area contributed by atoms with E-state index in [0.29, 0.717) is 5.06 Å². The molecule has 0 aromatic carbocycles. The van der Waals surface area contributed by atoms with E-state index in [9.17, 15) is 4.79 Å². The minimum Gasteiger partial charge on any atom is -0.286 e. The lowest BCUT2D eigenvalue weighted by molar-refractivity contribution is -0.158. The van der Waals surface area contributed by atoms with Gasteiger partial charge in [-0.3, -0.25) is 10.0 Å². The Morgan fingerprint density at radius 2 is 2.40 bits per heavy atom. The minimum absolute atomic E-state index is 0.471. The summed E-state index contributed by atoms with van der Waals surface area (Å²) in [5.41, 5.74) is 0. The Hall–Kier alpha value is -1.02. The fraction of sp³-hybridized carbons (Fsp3) is 0.600. The van der Waals surface area contributed by atoms with Crippen molar-refractivity contribution >= 4 is 13.2 Å². The Balaban J connectivity index is 3.85. The summed E-state index contributed by atoms with van der Waals surface area (Å²) in [5, 5.41) is 17.2. The molecular weight excluding hydrogens is 131 g/mol. The average molecular weight is 139 g/mol. The molecule has 0 aliphatic heterocycles. The third kappa shape index (κ3) is 2.51. The standard InChI is InChI=1S/C5H8BN2O2/c1-4(6-3-7)5(9)8(2)10/h4,10H,1-2H3.